The minimum atomic E-state index is -0.0703. The van der Waals surface area contributed by atoms with E-state index in [2.05, 4.69) is 36.4 Å². The number of hydrazine groups is 1. The lowest BCUT2D eigenvalue weighted by molar-refractivity contribution is -0.127. The zero-order chi connectivity index (χ0) is 20.8. The number of benzene rings is 1. The molecule has 3 rings (SSSR count). The molecule has 0 spiro atoms. The van der Waals surface area contributed by atoms with E-state index in [0.717, 1.165) is 38.2 Å². The highest BCUT2D eigenvalue weighted by Crippen LogP contribution is 2.32. The molecule has 0 aromatic heterocycles. The Labute approximate surface area is 182 Å². The van der Waals surface area contributed by atoms with Gasteiger partial charge in [-0.15, -0.1) is 0 Å². The van der Waals surface area contributed by atoms with Crippen molar-refractivity contribution in [3.05, 3.63) is 40.3 Å². The molecule has 156 valence electrons. The van der Waals surface area contributed by atoms with Crippen LogP contribution in [0.15, 0.2) is 29.2 Å². The van der Waals surface area contributed by atoms with Gasteiger partial charge in [0.05, 0.1) is 4.91 Å². The van der Waals surface area contributed by atoms with Crippen molar-refractivity contribution in [3.8, 4) is 0 Å². The van der Waals surface area contributed by atoms with Crippen molar-refractivity contribution in [2.75, 3.05) is 39.8 Å². The molecular formula is C21H28N4O2S2. The second kappa shape index (κ2) is 10.3. The molecule has 0 radical (unpaired) electrons. The number of thiocarbonyl (C=S) groups is 1. The highest BCUT2D eigenvalue weighted by molar-refractivity contribution is 8.26. The third-order valence-electron chi connectivity index (χ3n) is 5.13. The molecule has 29 heavy (non-hydrogen) atoms. The molecule has 0 aliphatic carbocycles. The molecule has 0 atom stereocenters. The Balaban J connectivity index is 1.47. The fraction of sp³-hybridized carbons (Fsp3) is 0.476. The molecule has 2 fully saturated rings. The van der Waals surface area contributed by atoms with Crippen molar-refractivity contribution in [2.24, 2.45) is 0 Å². The van der Waals surface area contributed by atoms with Crippen LogP contribution in [0.5, 0.6) is 0 Å². The van der Waals surface area contributed by atoms with Gasteiger partial charge in [-0.2, -0.15) is 0 Å². The van der Waals surface area contributed by atoms with Crippen LogP contribution in [0, 0.1) is 0 Å². The van der Waals surface area contributed by atoms with Crippen molar-refractivity contribution in [1.82, 2.24) is 20.2 Å². The Hall–Kier alpha value is -1.74. The number of carbonyl (C=O) groups excluding carboxylic acids is 2. The Morgan fingerprint density at radius 1 is 1.21 bits per heavy atom. The molecule has 2 heterocycles. The van der Waals surface area contributed by atoms with Gasteiger partial charge in [0.2, 0.25) is 5.91 Å². The van der Waals surface area contributed by atoms with Crippen molar-refractivity contribution < 1.29 is 9.59 Å². The highest BCUT2D eigenvalue weighted by Gasteiger charge is 2.31. The summed E-state index contributed by atoms with van der Waals surface area (Å²) in [4.78, 5) is 29.4. The Kier molecular flexibility index (Phi) is 7.83. The summed E-state index contributed by atoms with van der Waals surface area (Å²) in [5, 5.41) is 1.97. The minimum Gasteiger partial charge on any atom is -0.304 e. The second-order valence-electron chi connectivity index (χ2n) is 7.36. The number of likely N-dealkylation sites (N-methyl/N-ethyl adjacent to an activating group) is 1. The number of amides is 2. The average Bonchev–Trinajstić information content (AvgIpc) is 2.97. The van der Waals surface area contributed by atoms with Gasteiger partial charge in [0.25, 0.3) is 5.91 Å². The van der Waals surface area contributed by atoms with Gasteiger partial charge in [-0.3, -0.25) is 19.9 Å². The molecule has 1 aromatic rings. The lowest BCUT2D eigenvalue weighted by atomic mass is 10.1. The van der Waals surface area contributed by atoms with Gasteiger partial charge in [-0.1, -0.05) is 55.2 Å². The first-order valence-electron chi connectivity index (χ1n) is 10.0. The van der Waals surface area contributed by atoms with Crippen LogP contribution in [0.3, 0.4) is 0 Å². The summed E-state index contributed by atoms with van der Waals surface area (Å²) in [6.07, 6.45) is 3.84. The molecule has 0 saturated carbocycles. The fourth-order valence-electron chi connectivity index (χ4n) is 3.24. The standard InChI is InChI=1S/C21H28N4O2S2/c1-3-16-6-8-17(9-7-16)15-18-20(27)25(21(28)29-18)10-4-5-19(26)22-24-13-11-23(2)12-14-24/h6-9,15H,3-5,10-14H2,1-2H3,(H,22,26). The van der Waals surface area contributed by atoms with Crippen LogP contribution in [-0.2, 0) is 16.0 Å². The van der Waals surface area contributed by atoms with E-state index in [-0.39, 0.29) is 11.8 Å². The van der Waals surface area contributed by atoms with Gasteiger partial charge in [-0.25, -0.2) is 5.01 Å². The molecule has 2 amide bonds. The first-order chi connectivity index (χ1) is 14.0. The highest BCUT2D eigenvalue weighted by atomic mass is 32.2. The normalized spacial score (nSPS) is 19.9. The smallest absolute Gasteiger partial charge is 0.266 e. The number of thioether (sulfide) groups is 1. The Morgan fingerprint density at radius 2 is 1.90 bits per heavy atom. The van der Waals surface area contributed by atoms with Crippen LogP contribution in [0.25, 0.3) is 6.08 Å². The van der Waals surface area contributed by atoms with Crippen LogP contribution in [0.1, 0.15) is 30.9 Å². The molecular weight excluding hydrogens is 404 g/mol. The van der Waals surface area contributed by atoms with Gasteiger partial charge < -0.3 is 4.90 Å². The van der Waals surface area contributed by atoms with E-state index in [1.54, 1.807) is 4.90 Å². The van der Waals surface area contributed by atoms with E-state index in [1.807, 2.05) is 23.2 Å². The number of rotatable bonds is 7. The zero-order valence-corrected chi connectivity index (χ0v) is 18.7. The monoisotopic (exact) mass is 432 g/mol. The SMILES string of the molecule is CCc1ccc(C=C2SC(=S)N(CCCC(=O)NN3CCN(C)CC3)C2=O)cc1. The molecule has 2 aliphatic heterocycles. The van der Waals surface area contributed by atoms with Crippen molar-refractivity contribution >= 4 is 46.2 Å². The van der Waals surface area contributed by atoms with E-state index in [4.69, 9.17) is 12.2 Å². The quantitative estimate of drug-likeness (QED) is 0.528. The number of piperazine rings is 1. The number of aryl methyl sites for hydroxylation is 1. The number of nitrogens with one attached hydrogen (secondary N) is 1. The van der Waals surface area contributed by atoms with Crippen molar-refractivity contribution in [1.29, 1.82) is 0 Å². The molecule has 0 bridgehead atoms. The topological polar surface area (TPSA) is 55.9 Å². The minimum absolute atomic E-state index is 0.00782. The molecule has 8 heteroatoms. The first-order valence-corrected chi connectivity index (χ1v) is 11.3. The van der Waals surface area contributed by atoms with Crippen LogP contribution in [-0.4, -0.2) is 70.7 Å². The zero-order valence-electron chi connectivity index (χ0n) is 17.0. The molecule has 2 saturated heterocycles. The van der Waals surface area contributed by atoms with Gasteiger partial charge in [-0.05, 0) is 37.1 Å². The summed E-state index contributed by atoms with van der Waals surface area (Å²) in [6, 6.07) is 8.19. The predicted octanol–water partition coefficient (Wildman–Crippen LogP) is 2.51. The van der Waals surface area contributed by atoms with Gasteiger partial charge in [0, 0.05) is 39.1 Å². The number of hydrogen-bond donors (Lipinski definition) is 1. The largest absolute Gasteiger partial charge is 0.304 e. The predicted molar refractivity (Wildman–Crippen MR) is 122 cm³/mol. The van der Waals surface area contributed by atoms with Crippen LogP contribution < -0.4 is 5.43 Å². The maximum absolute atomic E-state index is 12.7. The maximum Gasteiger partial charge on any atom is 0.266 e. The van der Waals surface area contributed by atoms with E-state index in [9.17, 15) is 9.59 Å². The average molecular weight is 433 g/mol. The number of nitrogens with zero attached hydrogens (tertiary/aromatic N) is 3. The fourth-order valence-corrected chi connectivity index (χ4v) is 4.55. The molecule has 0 unspecified atom stereocenters. The molecule has 2 aliphatic rings. The molecule has 1 N–H and O–H groups in total. The van der Waals surface area contributed by atoms with Crippen molar-refractivity contribution in [3.63, 3.8) is 0 Å². The summed E-state index contributed by atoms with van der Waals surface area (Å²) < 4.78 is 0.561. The second-order valence-corrected chi connectivity index (χ2v) is 9.03. The van der Waals surface area contributed by atoms with E-state index in [1.165, 1.54) is 17.3 Å². The summed E-state index contributed by atoms with van der Waals surface area (Å²) in [5.74, 6) is -0.0782. The lowest BCUT2D eigenvalue weighted by Crippen LogP contribution is -2.52. The maximum atomic E-state index is 12.7. The van der Waals surface area contributed by atoms with Gasteiger partial charge >= 0.3 is 0 Å². The first kappa shape index (κ1) is 22.0. The van der Waals surface area contributed by atoms with Crippen molar-refractivity contribution in [2.45, 2.75) is 26.2 Å². The third kappa shape index (κ3) is 6.12. The molecule has 1 aromatic carbocycles. The molecule has 6 nitrogen and oxygen atoms in total. The van der Waals surface area contributed by atoms with E-state index >= 15 is 0 Å². The van der Waals surface area contributed by atoms with E-state index < -0.39 is 0 Å². The third-order valence-corrected chi connectivity index (χ3v) is 6.51. The van der Waals surface area contributed by atoms with E-state index in [0.29, 0.717) is 28.6 Å². The van der Waals surface area contributed by atoms with Gasteiger partial charge in [0.15, 0.2) is 0 Å². The van der Waals surface area contributed by atoms with Gasteiger partial charge in [0.1, 0.15) is 4.32 Å². The Morgan fingerprint density at radius 3 is 2.55 bits per heavy atom. The van der Waals surface area contributed by atoms with Crippen LogP contribution in [0.2, 0.25) is 0 Å². The number of carbonyl (C=O) groups is 2. The number of hydrogen-bond acceptors (Lipinski definition) is 6. The summed E-state index contributed by atoms with van der Waals surface area (Å²) in [6.45, 7) is 6.15. The Bertz CT molecular complexity index is 786. The summed E-state index contributed by atoms with van der Waals surface area (Å²) >= 11 is 6.71. The van der Waals surface area contributed by atoms with Crippen LogP contribution >= 0.6 is 24.0 Å². The van der Waals surface area contributed by atoms with Crippen LogP contribution in [0.4, 0.5) is 0 Å². The summed E-state index contributed by atoms with van der Waals surface area (Å²) in [7, 11) is 2.08. The summed E-state index contributed by atoms with van der Waals surface area (Å²) in [5.41, 5.74) is 5.22. The lowest BCUT2D eigenvalue weighted by Gasteiger charge is -2.32.